The maximum Gasteiger partial charge on any atom is 0.234 e. The molecule has 1 aliphatic rings. The molecule has 0 bridgehead atoms. The molecular formula is C14H29N3O2. The molecule has 0 aliphatic carbocycles. The van der Waals surface area contributed by atoms with Gasteiger partial charge in [-0.2, -0.15) is 0 Å². The van der Waals surface area contributed by atoms with E-state index in [-0.39, 0.29) is 17.0 Å². The fraction of sp³-hybridized carbons (Fsp3) is 0.929. The molecular weight excluding hydrogens is 242 g/mol. The van der Waals surface area contributed by atoms with Gasteiger partial charge in [0.05, 0.1) is 19.8 Å². The smallest absolute Gasteiger partial charge is 0.234 e. The molecule has 0 aromatic heterocycles. The van der Waals surface area contributed by atoms with Crippen LogP contribution in [0.15, 0.2) is 0 Å². The van der Waals surface area contributed by atoms with Gasteiger partial charge in [0.1, 0.15) is 0 Å². The van der Waals surface area contributed by atoms with E-state index in [2.05, 4.69) is 50.2 Å². The highest BCUT2D eigenvalue weighted by Crippen LogP contribution is 2.14. The number of hydrogen-bond acceptors (Lipinski definition) is 4. The zero-order valence-electron chi connectivity index (χ0n) is 13.0. The molecule has 0 saturated carbocycles. The Morgan fingerprint density at radius 2 is 1.74 bits per heavy atom. The van der Waals surface area contributed by atoms with E-state index < -0.39 is 0 Å². The minimum Gasteiger partial charge on any atom is -0.379 e. The second kappa shape index (κ2) is 6.68. The van der Waals surface area contributed by atoms with Crippen molar-refractivity contribution in [3.05, 3.63) is 0 Å². The Labute approximate surface area is 117 Å². The topological polar surface area (TPSA) is 53.6 Å². The molecule has 112 valence electrons. The standard InChI is InChI=1S/C14H29N3O2/c1-13(2,3)16-10-12(18)15-11-14(4,5)17-6-8-19-9-7-17/h16H,6-11H2,1-5H3,(H,15,18). The molecule has 0 spiro atoms. The van der Waals surface area contributed by atoms with Crippen molar-refractivity contribution < 1.29 is 9.53 Å². The molecule has 0 radical (unpaired) electrons. The van der Waals surface area contributed by atoms with Crippen molar-refractivity contribution in [2.75, 3.05) is 39.4 Å². The van der Waals surface area contributed by atoms with Gasteiger partial charge in [-0.15, -0.1) is 0 Å². The van der Waals surface area contributed by atoms with E-state index in [1.165, 1.54) is 0 Å². The van der Waals surface area contributed by atoms with Crippen LogP contribution >= 0.6 is 0 Å². The summed E-state index contributed by atoms with van der Waals surface area (Å²) >= 11 is 0. The van der Waals surface area contributed by atoms with Gasteiger partial charge in [-0.25, -0.2) is 0 Å². The number of carbonyl (C=O) groups is 1. The van der Waals surface area contributed by atoms with Crippen LogP contribution in [0.4, 0.5) is 0 Å². The molecule has 0 atom stereocenters. The molecule has 0 aromatic rings. The van der Waals surface area contributed by atoms with E-state index in [0.29, 0.717) is 13.1 Å². The Kier molecular flexibility index (Phi) is 5.77. The lowest BCUT2D eigenvalue weighted by Crippen LogP contribution is -2.56. The van der Waals surface area contributed by atoms with Gasteiger partial charge >= 0.3 is 0 Å². The first kappa shape index (κ1) is 16.4. The summed E-state index contributed by atoms with van der Waals surface area (Å²) in [5.41, 5.74) is -0.0573. The van der Waals surface area contributed by atoms with Gasteiger partial charge in [0, 0.05) is 30.7 Å². The molecule has 0 aromatic carbocycles. The Balaban J connectivity index is 2.31. The Hall–Kier alpha value is -0.650. The molecule has 19 heavy (non-hydrogen) atoms. The Bertz CT molecular complexity index is 292. The zero-order chi connectivity index (χ0) is 14.5. The van der Waals surface area contributed by atoms with Gasteiger partial charge in [-0.05, 0) is 34.6 Å². The first-order valence-electron chi connectivity index (χ1n) is 7.05. The van der Waals surface area contributed by atoms with Crippen LogP contribution in [0.2, 0.25) is 0 Å². The second-order valence-corrected chi connectivity index (χ2v) is 6.79. The minimum absolute atomic E-state index is 0.0266. The van der Waals surface area contributed by atoms with E-state index in [4.69, 9.17) is 4.74 Å². The first-order chi connectivity index (χ1) is 8.71. The van der Waals surface area contributed by atoms with Crippen LogP contribution in [0.3, 0.4) is 0 Å². The lowest BCUT2D eigenvalue weighted by molar-refractivity contribution is -0.121. The van der Waals surface area contributed by atoms with Crippen molar-refractivity contribution in [2.24, 2.45) is 0 Å². The van der Waals surface area contributed by atoms with E-state index in [9.17, 15) is 4.79 Å². The predicted molar refractivity (Wildman–Crippen MR) is 77.2 cm³/mol. The van der Waals surface area contributed by atoms with Gasteiger partial charge in [0.15, 0.2) is 0 Å². The maximum absolute atomic E-state index is 11.8. The van der Waals surface area contributed by atoms with Gasteiger partial charge in [0.2, 0.25) is 5.91 Å². The molecule has 1 fully saturated rings. The SMILES string of the molecule is CC(C)(C)NCC(=O)NCC(C)(C)N1CCOCC1. The number of amides is 1. The number of morpholine rings is 1. The summed E-state index contributed by atoms with van der Waals surface area (Å²) in [5.74, 6) is 0.0521. The molecule has 2 N–H and O–H groups in total. The zero-order valence-corrected chi connectivity index (χ0v) is 13.0. The summed E-state index contributed by atoms with van der Waals surface area (Å²) in [7, 11) is 0. The van der Waals surface area contributed by atoms with Crippen LogP contribution in [0, 0.1) is 0 Å². The fourth-order valence-corrected chi connectivity index (χ4v) is 2.00. The Morgan fingerprint density at radius 3 is 2.26 bits per heavy atom. The van der Waals surface area contributed by atoms with Crippen LogP contribution in [-0.4, -0.2) is 61.3 Å². The highest BCUT2D eigenvalue weighted by molar-refractivity contribution is 5.78. The normalized spacial score (nSPS) is 18.4. The maximum atomic E-state index is 11.8. The average molecular weight is 271 g/mol. The predicted octanol–water partition coefficient (Wildman–Crippen LogP) is 0.602. The largest absolute Gasteiger partial charge is 0.379 e. The van der Waals surface area contributed by atoms with E-state index in [0.717, 1.165) is 26.3 Å². The van der Waals surface area contributed by atoms with E-state index >= 15 is 0 Å². The summed E-state index contributed by atoms with van der Waals surface area (Å²) in [4.78, 5) is 14.2. The number of nitrogens with zero attached hydrogens (tertiary/aromatic N) is 1. The summed E-state index contributed by atoms with van der Waals surface area (Å²) in [5, 5.41) is 6.20. The lowest BCUT2D eigenvalue weighted by atomic mass is 10.0. The molecule has 1 amide bonds. The third-order valence-corrected chi connectivity index (χ3v) is 3.36. The number of rotatable bonds is 5. The number of carbonyl (C=O) groups excluding carboxylic acids is 1. The molecule has 5 heteroatoms. The van der Waals surface area contributed by atoms with Crippen molar-refractivity contribution >= 4 is 5.91 Å². The van der Waals surface area contributed by atoms with Crippen LogP contribution in [0.5, 0.6) is 0 Å². The third-order valence-electron chi connectivity index (χ3n) is 3.36. The van der Waals surface area contributed by atoms with Crippen molar-refractivity contribution in [2.45, 2.75) is 45.7 Å². The minimum atomic E-state index is -0.0307. The molecule has 1 heterocycles. The van der Waals surface area contributed by atoms with Crippen LogP contribution < -0.4 is 10.6 Å². The highest BCUT2D eigenvalue weighted by atomic mass is 16.5. The van der Waals surface area contributed by atoms with Crippen LogP contribution in [-0.2, 0) is 9.53 Å². The lowest BCUT2D eigenvalue weighted by Gasteiger charge is -2.40. The van der Waals surface area contributed by atoms with E-state index in [1.54, 1.807) is 0 Å². The van der Waals surface area contributed by atoms with Crippen molar-refractivity contribution in [1.29, 1.82) is 0 Å². The average Bonchev–Trinajstić information content (AvgIpc) is 2.34. The number of nitrogens with one attached hydrogen (secondary N) is 2. The Morgan fingerprint density at radius 1 is 1.16 bits per heavy atom. The third kappa shape index (κ3) is 6.36. The van der Waals surface area contributed by atoms with Crippen molar-refractivity contribution in [3.8, 4) is 0 Å². The van der Waals surface area contributed by atoms with Crippen molar-refractivity contribution in [3.63, 3.8) is 0 Å². The summed E-state index contributed by atoms with van der Waals surface area (Å²) in [6.07, 6.45) is 0. The summed E-state index contributed by atoms with van der Waals surface area (Å²) in [6.45, 7) is 14.9. The second-order valence-electron chi connectivity index (χ2n) is 6.79. The molecule has 0 unspecified atom stereocenters. The molecule has 1 aliphatic heterocycles. The van der Waals surface area contributed by atoms with E-state index in [1.807, 2.05) is 0 Å². The van der Waals surface area contributed by atoms with Gasteiger partial charge in [-0.3, -0.25) is 9.69 Å². The quantitative estimate of drug-likeness (QED) is 0.769. The monoisotopic (exact) mass is 271 g/mol. The van der Waals surface area contributed by atoms with Gasteiger partial charge < -0.3 is 15.4 Å². The number of hydrogen-bond donors (Lipinski definition) is 2. The van der Waals surface area contributed by atoms with Crippen molar-refractivity contribution in [1.82, 2.24) is 15.5 Å². The summed E-state index contributed by atoms with van der Waals surface area (Å²) in [6, 6.07) is 0. The molecule has 1 rings (SSSR count). The fourth-order valence-electron chi connectivity index (χ4n) is 2.00. The van der Waals surface area contributed by atoms with Gasteiger partial charge in [-0.1, -0.05) is 0 Å². The highest BCUT2D eigenvalue weighted by Gasteiger charge is 2.28. The van der Waals surface area contributed by atoms with Gasteiger partial charge in [0.25, 0.3) is 0 Å². The number of ether oxygens (including phenoxy) is 1. The molecule has 1 saturated heterocycles. The van der Waals surface area contributed by atoms with Crippen LogP contribution in [0.25, 0.3) is 0 Å². The summed E-state index contributed by atoms with van der Waals surface area (Å²) < 4.78 is 5.36. The van der Waals surface area contributed by atoms with Crippen LogP contribution in [0.1, 0.15) is 34.6 Å². The molecule has 5 nitrogen and oxygen atoms in total. The first-order valence-corrected chi connectivity index (χ1v) is 7.05.